The molecule has 110 valence electrons. The van der Waals surface area contributed by atoms with Gasteiger partial charge in [-0.05, 0) is 24.3 Å². The Labute approximate surface area is 128 Å². The van der Waals surface area contributed by atoms with Crippen LogP contribution in [0.3, 0.4) is 0 Å². The van der Waals surface area contributed by atoms with Crippen LogP contribution in [-0.4, -0.2) is 26.1 Å². The molecule has 3 aromatic heterocycles. The predicted molar refractivity (Wildman–Crippen MR) is 87.3 cm³/mol. The van der Waals surface area contributed by atoms with Crippen molar-refractivity contribution in [1.29, 1.82) is 0 Å². The van der Waals surface area contributed by atoms with E-state index in [1.807, 2.05) is 12.4 Å². The zero-order chi connectivity index (χ0) is 14.7. The minimum atomic E-state index is 0.693. The minimum Gasteiger partial charge on any atom is -0.354 e. The molecule has 0 aromatic carbocycles. The van der Waals surface area contributed by atoms with E-state index in [2.05, 4.69) is 45.1 Å². The largest absolute Gasteiger partial charge is 0.354 e. The van der Waals surface area contributed by atoms with Crippen molar-refractivity contribution in [1.82, 2.24) is 19.5 Å². The molecule has 0 fully saturated rings. The minimum absolute atomic E-state index is 0.693. The van der Waals surface area contributed by atoms with Gasteiger partial charge < -0.3 is 5.32 Å². The maximum Gasteiger partial charge on any atom is 0.226 e. The zero-order valence-corrected chi connectivity index (χ0v) is 13.2. The molecule has 0 bridgehead atoms. The van der Waals surface area contributed by atoms with Gasteiger partial charge in [-0.25, -0.2) is 9.97 Å². The Kier molecular flexibility index (Phi) is 4.15. The Balaban J connectivity index is 2.10. The maximum atomic E-state index is 4.70. The van der Waals surface area contributed by atoms with Gasteiger partial charge in [0.2, 0.25) is 5.95 Å². The normalized spacial score (nSPS) is 11.1. The van der Waals surface area contributed by atoms with Crippen LogP contribution in [0.25, 0.3) is 16.0 Å². The Morgan fingerprint density at radius 1 is 1.24 bits per heavy atom. The number of hydrogen-bond acceptors (Lipinski definition) is 5. The van der Waals surface area contributed by atoms with Crippen molar-refractivity contribution in [3.63, 3.8) is 0 Å². The predicted octanol–water partition coefficient (Wildman–Crippen LogP) is 3.65. The Bertz CT molecular complexity index is 731. The third-order valence-electron chi connectivity index (χ3n) is 3.26. The first-order valence-electron chi connectivity index (χ1n) is 7.35. The smallest absolute Gasteiger partial charge is 0.226 e. The summed E-state index contributed by atoms with van der Waals surface area (Å²) in [5.41, 5.74) is 0. The van der Waals surface area contributed by atoms with Gasteiger partial charge in [-0.15, -0.1) is 11.3 Å². The monoisotopic (exact) mass is 301 g/mol. The summed E-state index contributed by atoms with van der Waals surface area (Å²) < 4.78 is 2.08. The number of anilines is 1. The standard InChI is InChI=1S/C15H19N5S/c1-3-5-12-16-8-9-20(12)13-11-6-10-21-14(11)19-15(18-13)17-7-4-2/h6,8-10H,3-5,7H2,1-2H3,(H,17,18,19). The molecule has 3 heterocycles. The van der Waals surface area contributed by atoms with Crippen molar-refractivity contribution in [2.75, 3.05) is 11.9 Å². The summed E-state index contributed by atoms with van der Waals surface area (Å²) in [6.07, 6.45) is 6.88. The highest BCUT2D eigenvalue weighted by molar-refractivity contribution is 7.16. The first-order chi connectivity index (χ1) is 10.3. The Hall–Kier alpha value is -1.95. The summed E-state index contributed by atoms with van der Waals surface area (Å²) in [5.74, 6) is 2.66. The number of aromatic nitrogens is 4. The van der Waals surface area contributed by atoms with E-state index in [0.717, 1.165) is 47.7 Å². The van der Waals surface area contributed by atoms with Gasteiger partial charge in [0.15, 0.2) is 5.82 Å². The van der Waals surface area contributed by atoms with E-state index in [1.165, 1.54) is 0 Å². The lowest BCUT2D eigenvalue weighted by Crippen LogP contribution is -2.08. The lowest BCUT2D eigenvalue weighted by molar-refractivity contribution is 0.800. The lowest BCUT2D eigenvalue weighted by Gasteiger charge is -2.10. The lowest BCUT2D eigenvalue weighted by atomic mass is 10.3. The highest BCUT2D eigenvalue weighted by Crippen LogP contribution is 2.26. The third-order valence-corrected chi connectivity index (χ3v) is 4.06. The molecular weight excluding hydrogens is 282 g/mol. The van der Waals surface area contributed by atoms with Gasteiger partial charge in [0.1, 0.15) is 10.7 Å². The summed E-state index contributed by atoms with van der Waals surface area (Å²) in [6, 6.07) is 2.08. The van der Waals surface area contributed by atoms with Gasteiger partial charge in [-0.2, -0.15) is 4.98 Å². The fourth-order valence-electron chi connectivity index (χ4n) is 2.27. The number of hydrogen-bond donors (Lipinski definition) is 1. The van der Waals surface area contributed by atoms with Crippen LogP contribution < -0.4 is 5.32 Å². The highest BCUT2D eigenvalue weighted by atomic mass is 32.1. The number of thiophene rings is 1. The molecule has 6 heteroatoms. The molecule has 0 aliphatic rings. The van der Waals surface area contributed by atoms with Gasteiger partial charge in [0, 0.05) is 25.4 Å². The highest BCUT2D eigenvalue weighted by Gasteiger charge is 2.13. The van der Waals surface area contributed by atoms with Crippen molar-refractivity contribution < 1.29 is 0 Å². The first-order valence-corrected chi connectivity index (χ1v) is 8.23. The van der Waals surface area contributed by atoms with Crippen LogP contribution in [0, 0.1) is 0 Å². The molecule has 0 radical (unpaired) electrons. The molecule has 0 saturated heterocycles. The van der Waals surface area contributed by atoms with Crippen LogP contribution in [0.1, 0.15) is 32.5 Å². The molecule has 5 nitrogen and oxygen atoms in total. The van der Waals surface area contributed by atoms with E-state index >= 15 is 0 Å². The van der Waals surface area contributed by atoms with E-state index in [0.29, 0.717) is 5.95 Å². The van der Waals surface area contributed by atoms with Gasteiger partial charge >= 0.3 is 0 Å². The Morgan fingerprint density at radius 2 is 2.14 bits per heavy atom. The molecule has 3 aromatic rings. The van der Waals surface area contributed by atoms with Gasteiger partial charge in [0.25, 0.3) is 0 Å². The SMILES string of the molecule is CCCNc1nc(-n2ccnc2CCC)c2ccsc2n1. The molecule has 0 spiro atoms. The number of nitrogens with zero attached hydrogens (tertiary/aromatic N) is 4. The molecule has 0 amide bonds. The summed E-state index contributed by atoms with van der Waals surface area (Å²) >= 11 is 1.64. The molecule has 21 heavy (non-hydrogen) atoms. The van der Waals surface area contributed by atoms with Crippen LogP contribution in [-0.2, 0) is 6.42 Å². The number of rotatable bonds is 6. The molecule has 0 unspecified atom stereocenters. The van der Waals surface area contributed by atoms with Gasteiger partial charge in [0.05, 0.1) is 5.39 Å². The van der Waals surface area contributed by atoms with Crippen molar-refractivity contribution in [3.05, 3.63) is 29.7 Å². The van der Waals surface area contributed by atoms with E-state index in [9.17, 15) is 0 Å². The topological polar surface area (TPSA) is 55.6 Å². The van der Waals surface area contributed by atoms with Crippen LogP contribution in [0.4, 0.5) is 5.95 Å². The van der Waals surface area contributed by atoms with Crippen molar-refractivity contribution >= 4 is 27.5 Å². The van der Waals surface area contributed by atoms with Crippen LogP contribution >= 0.6 is 11.3 Å². The summed E-state index contributed by atoms with van der Waals surface area (Å²) in [5, 5.41) is 6.42. The number of fused-ring (bicyclic) bond motifs is 1. The molecule has 1 N–H and O–H groups in total. The average Bonchev–Trinajstić information content (AvgIpc) is 3.13. The summed E-state index contributed by atoms with van der Waals surface area (Å²) in [7, 11) is 0. The Morgan fingerprint density at radius 3 is 2.95 bits per heavy atom. The van der Waals surface area contributed by atoms with Crippen molar-refractivity contribution in [3.8, 4) is 5.82 Å². The van der Waals surface area contributed by atoms with Crippen LogP contribution in [0.2, 0.25) is 0 Å². The van der Waals surface area contributed by atoms with Crippen molar-refractivity contribution in [2.45, 2.75) is 33.1 Å². The number of aryl methyl sites for hydroxylation is 1. The molecule has 0 atom stereocenters. The third kappa shape index (κ3) is 2.76. The summed E-state index contributed by atoms with van der Waals surface area (Å²) in [6.45, 7) is 5.17. The van der Waals surface area contributed by atoms with Gasteiger partial charge in [-0.3, -0.25) is 4.57 Å². The van der Waals surface area contributed by atoms with Crippen LogP contribution in [0.15, 0.2) is 23.8 Å². The van der Waals surface area contributed by atoms with E-state index in [1.54, 1.807) is 11.3 Å². The molecule has 0 aliphatic carbocycles. The number of nitrogens with one attached hydrogen (secondary N) is 1. The number of imidazole rings is 1. The molecular formula is C15H19N5S. The molecule has 0 saturated carbocycles. The fraction of sp³-hybridized carbons (Fsp3) is 0.400. The zero-order valence-electron chi connectivity index (χ0n) is 12.3. The van der Waals surface area contributed by atoms with Crippen LogP contribution in [0.5, 0.6) is 0 Å². The second-order valence-corrected chi connectivity index (χ2v) is 5.80. The first kappa shape index (κ1) is 14.0. The van der Waals surface area contributed by atoms with E-state index < -0.39 is 0 Å². The van der Waals surface area contributed by atoms with Gasteiger partial charge in [-0.1, -0.05) is 13.8 Å². The second kappa shape index (κ2) is 6.22. The fourth-order valence-corrected chi connectivity index (χ4v) is 3.03. The molecule has 3 rings (SSSR count). The molecule has 0 aliphatic heterocycles. The summed E-state index contributed by atoms with van der Waals surface area (Å²) in [4.78, 5) is 14.7. The van der Waals surface area contributed by atoms with E-state index in [4.69, 9.17) is 4.98 Å². The average molecular weight is 301 g/mol. The maximum absolute atomic E-state index is 4.70. The van der Waals surface area contributed by atoms with E-state index in [-0.39, 0.29) is 0 Å². The second-order valence-electron chi connectivity index (χ2n) is 4.90. The van der Waals surface area contributed by atoms with Crippen molar-refractivity contribution in [2.24, 2.45) is 0 Å². The quantitative estimate of drug-likeness (QED) is 0.755.